The number of hydrogen-bond donors (Lipinski definition) is 0. The molecule has 9 aromatic rings. The second-order valence-electron chi connectivity index (χ2n) is 17.7. The predicted molar refractivity (Wildman–Crippen MR) is 256 cm³/mol. The normalized spacial score (nSPS) is 13.8. The monoisotopic (exact) mass is 798 g/mol. The first-order valence-electron chi connectivity index (χ1n) is 21.5. The van der Waals surface area contributed by atoms with Crippen LogP contribution in [0.3, 0.4) is 0 Å². The fourth-order valence-corrected chi connectivity index (χ4v) is 10.2. The lowest BCUT2D eigenvalue weighted by Crippen LogP contribution is -2.26. The van der Waals surface area contributed by atoms with Crippen molar-refractivity contribution in [2.45, 2.75) is 45.4 Å². The van der Waals surface area contributed by atoms with Crippen molar-refractivity contribution >= 4 is 17.1 Å². The van der Waals surface area contributed by atoms with Crippen molar-refractivity contribution in [2.75, 3.05) is 4.90 Å². The second kappa shape index (κ2) is 14.4. The summed E-state index contributed by atoms with van der Waals surface area (Å²) in [6, 6.07) is 67.3. The van der Waals surface area contributed by atoms with Gasteiger partial charge in [0.05, 0.1) is 5.69 Å². The molecule has 0 saturated heterocycles. The molecule has 0 fully saturated rings. The number of benzene rings is 8. The number of fused-ring (bicyclic) bond motifs is 6. The number of rotatable bonds is 7. The van der Waals surface area contributed by atoms with Crippen molar-refractivity contribution < 1.29 is 0 Å². The zero-order valence-electron chi connectivity index (χ0n) is 35.7. The summed E-state index contributed by atoms with van der Waals surface area (Å²) in [5.74, 6) is 1.95. The largest absolute Gasteiger partial charge is 0.310 e. The van der Waals surface area contributed by atoms with Gasteiger partial charge in [-0.25, -0.2) is 15.0 Å². The molecule has 11 rings (SSSR count). The van der Waals surface area contributed by atoms with E-state index in [1.54, 1.807) is 0 Å². The molecular weight excluding hydrogens is 753 g/mol. The van der Waals surface area contributed by atoms with Gasteiger partial charge < -0.3 is 4.90 Å². The maximum Gasteiger partial charge on any atom is 0.165 e. The Morgan fingerprint density at radius 1 is 0.355 bits per heavy atom. The molecule has 0 aliphatic heterocycles. The lowest BCUT2D eigenvalue weighted by molar-refractivity contribution is 0.640. The molecule has 62 heavy (non-hydrogen) atoms. The fraction of sp³-hybridized carbons (Fsp3) is 0.121. The van der Waals surface area contributed by atoms with E-state index in [-0.39, 0.29) is 10.8 Å². The van der Waals surface area contributed by atoms with Crippen molar-refractivity contribution in [1.82, 2.24) is 15.0 Å². The molecule has 1 heterocycles. The van der Waals surface area contributed by atoms with Crippen LogP contribution in [0.2, 0.25) is 0 Å². The minimum absolute atomic E-state index is 0.390. The van der Waals surface area contributed by atoms with E-state index in [2.05, 4.69) is 222 Å². The van der Waals surface area contributed by atoms with Gasteiger partial charge in [0.15, 0.2) is 17.5 Å². The number of nitrogens with zero attached hydrogens (tertiary/aromatic N) is 4. The molecule has 0 N–H and O–H groups in total. The number of anilines is 3. The zero-order valence-corrected chi connectivity index (χ0v) is 35.7. The van der Waals surface area contributed by atoms with Gasteiger partial charge in [-0.05, 0) is 86.8 Å². The molecule has 2 aliphatic carbocycles. The molecule has 298 valence electrons. The maximum absolute atomic E-state index is 5.56. The smallest absolute Gasteiger partial charge is 0.165 e. The highest BCUT2D eigenvalue weighted by atomic mass is 15.2. The number of aryl methyl sites for hydroxylation is 1. The Balaban J connectivity index is 1.29. The topological polar surface area (TPSA) is 41.9 Å². The Hall–Kier alpha value is -7.43. The minimum Gasteiger partial charge on any atom is -0.310 e. The summed E-state index contributed by atoms with van der Waals surface area (Å²) < 4.78 is 0. The van der Waals surface area contributed by atoms with E-state index in [4.69, 9.17) is 15.0 Å². The average Bonchev–Trinajstić information content (AvgIpc) is 3.70. The summed E-state index contributed by atoms with van der Waals surface area (Å²) in [7, 11) is 0. The van der Waals surface area contributed by atoms with Crippen molar-refractivity contribution in [2.24, 2.45) is 0 Å². The molecule has 1 aromatic heterocycles. The number of hydrogen-bond acceptors (Lipinski definition) is 4. The SMILES string of the molecule is Cc1ccc(N(c2ccccc2)c2c3c(c(-c4nc(-c5ccccc5)nc(-c5ccc(-c6ccccc6)cc5)n4)c4c2C(C)(C)c2ccccc2-4)-c2ccccc2C3(C)C)cc1. The van der Waals surface area contributed by atoms with Crippen LogP contribution in [-0.2, 0) is 10.8 Å². The lowest BCUT2D eigenvalue weighted by atomic mass is 9.74. The fourth-order valence-electron chi connectivity index (χ4n) is 10.2. The van der Waals surface area contributed by atoms with Crippen LogP contribution in [0.1, 0.15) is 55.5 Å². The van der Waals surface area contributed by atoms with Gasteiger partial charge in [-0.1, -0.05) is 197 Å². The van der Waals surface area contributed by atoms with Gasteiger partial charge in [-0.2, -0.15) is 0 Å². The standard InChI is InChI=1S/C58H46N4/c1-37-29-35-43(36-30-37)62(42-23-13-8-14-24-42)53-51-48(44-25-15-17-27-46(44)57(51,2)3)50(49-45-26-16-18-28-47(45)58(4,5)52(49)53)56-60-54(40-21-11-7-12-22-40)59-55(61-56)41-33-31-39(32-34-41)38-19-9-6-10-20-38/h6-36H,1-5H3. The van der Waals surface area contributed by atoms with Crippen LogP contribution in [-0.4, -0.2) is 15.0 Å². The van der Waals surface area contributed by atoms with Crippen LogP contribution in [0.4, 0.5) is 17.1 Å². The van der Waals surface area contributed by atoms with Gasteiger partial charge in [0, 0.05) is 38.9 Å². The highest BCUT2D eigenvalue weighted by molar-refractivity contribution is 6.09. The average molecular weight is 799 g/mol. The van der Waals surface area contributed by atoms with Crippen LogP contribution < -0.4 is 4.90 Å². The first-order valence-corrected chi connectivity index (χ1v) is 21.5. The summed E-state index contributed by atoms with van der Waals surface area (Å²) in [5.41, 5.74) is 19.0. The van der Waals surface area contributed by atoms with Crippen molar-refractivity contribution in [1.29, 1.82) is 0 Å². The molecule has 0 saturated carbocycles. The first kappa shape index (κ1) is 37.6. The molecule has 0 atom stereocenters. The summed E-state index contributed by atoms with van der Waals surface area (Å²) in [6.45, 7) is 11.7. The zero-order chi connectivity index (χ0) is 42.2. The van der Waals surface area contributed by atoms with Gasteiger partial charge in [-0.3, -0.25) is 0 Å². The molecular formula is C58H46N4. The van der Waals surface area contributed by atoms with E-state index in [1.165, 1.54) is 61.3 Å². The third-order valence-corrected chi connectivity index (χ3v) is 13.1. The van der Waals surface area contributed by atoms with E-state index in [0.717, 1.165) is 33.6 Å². The second-order valence-corrected chi connectivity index (χ2v) is 17.7. The minimum atomic E-state index is -0.390. The maximum atomic E-state index is 5.56. The van der Waals surface area contributed by atoms with Crippen LogP contribution in [0, 0.1) is 6.92 Å². The Morgan fingerprint density at radius 2 is 0.742 bits per heavy atom. The Labute approximate surface area is 364 Å². The van der Waals surface area contributed by atoms with Crippen LogP contribution in [0.15, 0.2) is 188 Å². The Morgan fingerprint density at radius 3 is 1.27 bits per heavy atom. The summed E-state index contributed by atoms with van der Waals surface area (Å²) >= 11 is 0. The quantitative estimate of drug-likeness (QED) is 0.161. The van der Waals surface area contributed by atoms with Gasteiger partial charge >= 0.3 is 0 Å². The summed E-state index contributed by atoms with van der Waals surface area (Å²) in [4.78, 5) is 18.8. The molecule has 0 unspecified atom stereocenters. The highest BCUT2D eigenvalue weighted by Crippen LogP contribution is 2.65. The van der Waals surface area contributed by atoms with E-state index in [1.807, 2.05) is 6.07 Å². The van der Waals surface area contributed by atoms with Crippen LogP contribution in [0.5, 0.6) is 0 Å². The number of aromatic nitrogens is 3. The van der Waals surface area contributed by atoms with Gasteiger partial charge in [0.25, 0.3) is 0 Å². The lowest BCUT2D eigenvalue weighted by Gasteiger charge is -2.38. The molecule has 0 amide bonds. The summed E-state index contributed by atoms with van der Waals surface area (Å²) in [6.07, 6.45) is 0. The third kappa shape index (κ3) is 5.85. The molecule has 0 radical (unpaired) electrons. The molecule has 4 heteroatoms. The van der Waals surface area contributed by atoms with Crippen LogP contribution in [0.25, 0.3) is 67.5 Å². The molecule has 0 bridgehead atoms. The predicted octanol–water partition coefficient (Wildman–Crippen LogP) is 14.9. The molecule has 2 aliphatic rings. The molecule has 4 nitrogen and oxygen atoms in total. The molecule has 0 spiro atoms. The first-order chi connectivity index (χ1) is 30.2. The summed E-state index contributed by atoms with van der Waals surface area (Å²) in [5, 5.41) is 0. The number of para-hydroxylation sites is 1. The van der Waals surface area contributed by atoms with Gasteiger partial charge in [0.2, 0.25) is 0 Å². The Bertz CT molecular complexity index is 3070. The van der Waals surface area contributed by atoms with E-state index in [9.17, 15) is 0 Å². The van der Waals surface area contributed by atoms with Gasteiger partial charge in [-0.15, -0.1) is 0 Å². The Kier molecular flexibility index (Phi) is 8.69. The highest BCUT2D eigenvalue weighted by Gasteiger charge is 2.49. The third-order valence-electron chi connectivity index (χ3n) is 13.1. The molecule has 8 aromatic carbocycles. The van der Waals surface area contributed by atoms with Crippen molar-refractivity contribution in [3.8, 4) is 67.5 Å². The van der Waals surface area contributed by atoms with E-state index in [0.29, 0.717) is 17.5 Å². The van der Waals surface area contributed by atoms with E-state index >= 15 is 0 Å². The van der Waals surface area contributed by atoms with Crippen molar-refractivity contribution in [3.05, 3.63) is 216 Å². The van der Waals surface area contributed by atoms with Crippen molar-refractivity contribution in [3.63, 3.8) is 0 Å². The van der Waals surface area contributed by atoms with Crippen LogP contribution >= 0.6 is 0 Å². The van der Waals surface area contributed by atoms with E-state index < -0.39 is 0 Å². The van der Waals surface area contributed by atoms with Gasteiger partial charge in [0.1, 0.15) is 0 Å².